The number of hydrogen-bond donors (Lipinski definition) is 1. The Balaban J connectivity index is 2.73. The summed E-state index contributed by atoms with van der Waals surface area (Å²) in [4.78, 5) is 24.5. The number of Topliss-reactive ketones (excluding diaryl/α,β-unsaturated/α-hetero) is 1. The molecule has 0 aliphatic carbocycles. The van der Waals surface area contributed by atoms with Crippen molar-refractivity contribution in [2.24, 2.45) is 5.41 Å². The summed E-state index contributed by atoms with van der Waals surface area (Å²) < 4.78 is 5.05. The molecule has 0 saturated carbocycles. The summed E-state index contributed by atoms with van der Waals surface area (Å²) in [7, 11) is 1.51. The van der Waals surface area contributed by atoms with Crippen molar-refractivity contribution >= 4 is 11.6 Å². The summed E-state index contributed by atoms with van der Waals surface area (Å²) in [6, 6.07) is 4.68. The highest BCUT2D eigenvalue weighted by atomic mass is 16.5. The van der Waals surface area contributed by atoms with E-state index < -0.39 is 5.41 Å². The summed E-state index contributed by atoms with van der Waals surface area (Å²) in [6.45, 7) is 11.6. The lowest BCUT2D eigenvalue weighted by Gasteiger charge is -2.24. The minimum Gasteiger partial charge on any atom is -0.507 e. The van der Waals surface area contributed by atoms with Crippen LogP contribution in [0, 0.1) is 5.41 Å². The molecule has 1 aromatic rings. The zero-order valence-electron chi connectivity index (χ0n) is 17.7. The molecule has 0 heterocycles. The number of phenols is 1. The van der Waals surface area contributed by atoms with Crippen LogP contribution in [0.5, 0.6) is 11.5 Å². The maximum Gasteiger partial charge on any atom is 0.167 e. The number of hydrogen-bond acceptors (Lipinski definition) is 4. The van der Waals surface area contributed by atoms with Gasteiger partial charge in [0.15, 0.2) is 11.6 Å². The van der Waals surface area contributed by atoms with Gasteiger partial charge < -0.3 is 9.84 Å². The van der Waals surface area contributed by atoms with E-state index in [2.05, 4.69) is 6.58 Å². The van der Waals surface area contributed by atoms with Crippen LogP contribution in [0.2, 0.25) is 0 Å². The molecule has 1 rings (SSSR count). The van der Waals surface area contributed by atoms with Crippen molar-refractivity contribution < 1.29 is 19.4 Å². The van der Waals surface area contributed by atoms with Gasteiger partial charge in [-0.3, -0.25) is 9.59 Å². The first kappa shape index (κ1) is 23.4. The highest BCUT2D eigenvalue weighted by Gasteiger charge is 2.25. The van der Waals surface area contributed by atoms with Crippen molar-refractivity contribution in [3.8, 4) is 11.5 Å². The average molecular weight is 385 g/mol. The topological polar surface area (TPSA) is 63.6 Å². The van der Waals surface area contributed by atoms with Crippen LogP contribution < -0.4 is 4.74 Å². The number of rotatable bonds is 11. The van der Waals surface area contributed by atoms with Gasteiger partial charge in [-0.15, -0.1) is 6.58 Å². The van der Waals surface area contributed by atoms with E-state index in [0.29, 0.717) is 12.2 Å². The maximum atomic E-state index is 12.7. The predicted molar refractivity (Wildman–Crippen MR) is 114 cm³/mol. The monoisotopic (exact) mass is 384 g/mol. The number of ketones is 2. The average Bonchev–Trinajstić information content (AvgIpc) is 2.60. The summed E-state index contributed by atoms with van der Waals surface area (Å²) in [6.07, 6.45) is 7.64. The fourth-order valence-electron chi connectivity index (χ4n) is 2.97. The molecule has 4 nitrogen and oxygen atoms in total. The fourth-order valence-corrected chi connectivity index (χ4v) is 2.97. The van der Waals surface area contributed by atoms with Gasteiger partial charge in [0.05, 0.1) is 12.7 Å². The van der Waals surface area contributed by atoms with Gasteiger partial charge in [-0.05, 0) is 57.2 Å². The minimum absolute atomic E-state index is 0.0794. The van der Waals surface area contributed by atoms with Crippen LogP contribution in [-0.2, 0) is 4.79 Å². The van der Waals surface area contributed by atoms with Crippen molar-refractivity contribution in [3.05, 3.63) is 59.7 Å². The molecule has 0 saturated heterocycles. The van der Waals surface area contributed by atoms with Crippen molar-refractivity contribution in [1.82, 2.24) is 0 Å². The fraction of sp³-hybridized carbons (Fsp3) is 0.417. The summed E-state index contributed by atoms with van der Waals surface area (Å²) in [5, 5.41) is 10.1. The lowest BCUT2D eigenvalue weighted by Crippen LogP contribution is -2.18. The van der Waals surface area contributed by atoms with Crippen molar-refractivity contribution in [1.29, 1.82) is 0 Å². The zero-order chi connectivity index (χ0) is 21.3. The number of ether oxygens (including phenoxy) is 1. The molecule has 0 spiro atoms. The van der Waals surface area contributed by atoms with Crippen LogP contribution in [0.1, 0.15) is 63.7 Å². The third-order valence-electron chi connectivity index (χ3n) is 4.67. The number of benzene rings is 1. The standard InChI is InChI=1S/C24H32O4/c1-7-24(5,12-8-9-18(4)14-19(25)13-17(2)3)16-23(27)21-11-10-20(28-6)15-22(21)26/h7,9-11,13,15,26H,1,8,12,14,16H2,2-6H3. The summed E-state index contributed by atoms with van der Waals surface area (Å²) in [5.41, 5.74) is 1.91. The molecule has 28 heavy (non-hydrogen) atoms. The second-order valence-electron chi connectivity index (χ2n) is 7.80. The lowest BCUT2D eigenvalue weighted by atomic mass is 9.79. The first-order valence-electron chi connectivity index (χ1n) is 9.47. The molecule has 1 unspecified atom stereocenters. The molecule has 0 aliphatic rings. The smallest absolute Gasteiger partial charge is 0.167 e. The number of methoxy groups -OCH3 is 1. The predicted octanol–water partition coefficient (Wildman–Crippen LogP) is 5.82. The molecule has 1 atom stereocenters. The van der Waals surface area contributed by atoms with Crippen LogP contribution in [0.4, 0.5) is 0 Å². The largest absolute Gasteiger partial charge is 0.507 e. The van der Waals surface area contributed by atoms with E-state index in [9.17, 15) is 14.7 Å². The highest BCUT2D eigenvalue weighted by molar-refractivity contribution is 5.99. The zero-order valence-corrected chi connectivity index (χ0v) is 17.7. The SMILES string of the molecule is C=CC(C)(CCC=C(C)CC(=O)C=C(C)C)CC(=O)c1ccc(OC)cc1O. The Bertz CT molecular complexity index is 782. The molecule has 4 heteroatoms. The number of carbonyl (C=O) groups excluding carboxylic acids is 2. The van der Waals surface area contributed by atoms with E-state index in [1.54, 1.807) is 24.3 Å². The first-order chi connectivity index (χ1) is 13.1. The van der Waals surface area contributed by atoms with Gasteiger partial charge in [-0.1, -0.05) is 30.2 Å². The molecule has 0 aliphatic heterocycles. The molecule has 152 valence electrons. The van der Waals surface area contributed by atoms with Gasteiger partial charge >= 0.3 is 0 Å². The number of carbonyl (C=O) groups is 2. The Morgan fingerprint density at radius 2 is 1.93 bits per heavy atom. The number of phenolic OH excluding ortho intramolecular Hbond substituents is 1. The Morgan fingerprint density at radius 1 is 1.25 bits per heavy atom. The van der Waals surface area contributed by atoms with Gasteiger partial charge in [-0.25, -0.2) is 0 Å². The molecule has 0 amide bonds. The molecule has 0 aromatic heterocycles. The van der Waals surface area contributed by atoms with Gasteiger partial charge in [0, 0.05) is 18.9 Å². The molecular formula is C24H32O4. The molecule has 1 N–H and O–H groups in total. The first-order valence-corrected chi connectivity index (χ1v) is 9.47. The van der Waals surface area contributed by atoms with Gasteiger partial charge in [-0.2, -0.15) is 0 Å². The van der Waals surface area contributed by atoms with Gasteiger partial charge in [0.2, 0.25) is 0 Å². The van der Waals surface area contributed by atoms with E-state index in [0.717, 1.165) is 24.0 Å². The van der Waals surface area contributed by atoms with Crippen molar-refractivity contribution in [3.63, 3.8) is 0 Å². The third kappa shape index (κ3) is 7.55. The third-order valence-corrected chi connectivity index (χ3v) is 4.67. The van der Waals surface area contributed by atoms with Crippen LogP contribution in [0.15, 0.2) is 54.2 Å². The van der Waals surface area contributed by atoms with Gasteiger partial charge in [0.1, 0.15) is 11.5 Å². The van der Waals surface area contributed by atoms with Crippen LogP contribution in [-0.4, -0.2) is 23.8 Å². The van der Waals surface area contributed by atoms with E-state index in [1.807, 2.05) is 33.8 Å². The molecular weight excluding hydrogens is 352 g/mol. The number of allylic oxidation sites excluding steroid dienone is 5. The quantitative estimate of drug-likeness (QED) is 0.297. The van der Waals surface area contributed by atoms with Crippen molar-refractivity contribution in [2.75, 3.05) is 7.11 Å². The Morgan fingerprint density at radius 3 is 2.46 bits per heavy atom. The van der Waals surface area contributed by atoms with Gasteiger partial charge in [0.25, 0.3) is 0 Å². The van der Waals surface area contributed by atoms with Crippen LogP contribution >= 0.6 is 0 Å². The summed E-state index contributed by atoms with van der Waals surface area (Å²) >= 11 is 0. The Labute approximate surface area is 168 Å². The molecule has 1 aromatic carbocycles. The van der Waals surface area contributed by atoms with Crippen LogP contribution in [0.3, 0.4) is 0 Å². The molecule has 0 fully saturated rings. The van der Waals surface area contributed by atoms with E-state index in [4.69, 9.17) is 4.74 Å². The lowest BCUT2D eigenvalue weighted by molar-refractivity contribution is -0.114. The normalized spacial score (nSPS) is 13.4. The van der Waals surface area contributed by atoms with Crippen LogP contribution in [0.25, 0.3) is 0 Å². The summed E-state index contributed by atoms with van der Waals surface area (Å²) in [5.74, 6) is 0.389. The Hall–Kier alpha value is -2.62. The van der Waals surface area contributed by atoms with E-state index in [-0.39, 0.29) is 29.3 Å². The van der Waals surface area contributed by atoms with E-state index >= 15 is 0 Å². The second kappa shape index (κ2) is 10.6. The highest BCUT2D eigenvalue weighted by Crippen LogP contribution is 2.33. The Kier molecular flexibility index (Phi) is 8.90. The maximum absolute atomic E-state index is 12.7. The second-order valence-corrected chi connectivity index (χ2v) is 7.80. The minimum atomic E-state index is -0.399. The number of aromatic hydroxyl groups is 1. The van der Waals surface area contributed by atoms with Crippen molar-refractivity contribution in [2.45, 2.75) is 53.4 Å². The van der Waals surface area contributed by atoms with E-state index in [1.165, 1.54) is 13.2 Å². The molecule has 0 bridgehead atoms. The molecule has 0 radical (unpaired) electrons.